The van der Waals surface area contributed by atoms with Gasteiger partial charge in [-0.3, -0.25) is 9.80 Å². The lowest BCUT2D eigenvalue weighted by molar-refractivity contribution is -0.151. The number of nitrogens with zero attached hydrogens (tertiary/aromatic N) is 6. The summed E-state index contributed by atoms with van der Waals surface area (Å²) in [6, 6.07) is 17.4. The molecule has 37 heavy (non-hydrogen) atoms. The number of aromatic nitrogens is 4. The Morgan fingerprint density at radius 1 is 1.14 bits per heavy atom. The van der Waals surface area contributed by atoms with E-state index in [1.807, 2.05) is 73.1 Å². The lowest BCUT2D eigenvalue weighted by atomic mass is 10.1. The monoisotopic (exact) mass is 497 g/mol. The summed E-state index contributed by atoms with van der Waals surface area (Å²) >= 11 is 0. The first-order valence-corrected chi connectivity index (χ1v) is 12.5. The molecule has 2 aromatic carbocycles. The van der Waals surface area contributed by atoms with Crippen LogP contribution in [0.15, 0.2) is 73.6 Å². The summed E-state index contributed by atoms with van der Waals surface area (Å²) in [5.74, 6) is 1.78. The lowest BCUT2D eigenvalue weighted by Gasteiger charge is -2.42. The molecule has 2 N–H and O–H groups in total. The Labute approximate surface area is 216 Å². The average Bonchev–Trinajstić information content (AvgIpc) is 3.31. The van der Waals surface area contributed by atoms with Crippen LogP contribution in [0, 0.1) is 0 Å². The molecule has 0 saturated carbocycles. The third kappa shape index (κ3) is 4.90. The van der Waals surface area contributed by atoms with Gasteiger partial charge in [-0.15, -0.1) is 0 Å². The molecule has 9 heteroatoms. The zero-order chi connectivity index (χ0) is 25.9. The molecule has 0 radical (unpaired) electrons. The highest BCUT2D eigenvalue weighted by Crippen LogP contribution is 2.35. The molecular formula is C28H31N7O2. The molecule has 3 heterocycles. The molecule has 0 unspecified atom stereocenters. The van der Waals surface area contributed by atoms with Crippen LogP contribution in [-0.4, -0.2) is 54.8 Å². The summed E-state index contributed by atoms with van der Waals surface area (Å²) in [6.45, 7) is 9.11. The number of hydrogen-bond acceptors (Lipinski definition) is 7. The number of piperidine rings is 1. The molecule has 1 amide bonds. The van der Waals surface area contributed by atoms with Crippen LogP contribution in [0.5, 0.6) is 11.5 Å². The number of amides is 1. The van der Waals surface area contributed by atoms with E-state index in [1.165, 1.54) is 12.4 Å². The van der Waals surface area contributed by atoms with Crippen molar-refractivity contribution in [3.8, 4) is 22.8 Å². The van der Waals surface area contributed by atoms with Gasteiger partial charge in [0.2, 0.25) is 0 Å². The minimum atomic E-state index is -0.106. The van der Waals surface area contributed by atoms with Crippen LogP contribution < -0.4 is 10.5 Å². The number of ether oxygens (including phenoxy) is 1. The van der Waals surface area contributed by atoms with Crippen molar-refractivity contribution in [2.24, 2.45) is 0 Å². The van der Waals surface area contributed by atoms with Crippen molar-refractivity contribution in [1.82, 2.24) is 29.8 Å². The largest absolute Gasteiger partial charge is 0.457 e. The van der Waals surface area contributed by atoms with Crippen molar-refractivity contribution in [1.29, 1.82) is 0 Å². The quantitative estimate of drug-likeness (QED) is 0.364. The predicted molar refractivity (Wildman–Crippen MR) is 144 cm³/mol. The number of carbonyl (C=O) groups excluding carboxylic acids is 1. The molecule has 1 aliphatic rings. The van der Waals surface area contributed by atoms with E-state index in [2.05, 4.69) is 21.6 Å². The van der Waals surface area contributed by atoms with Crippen LogP contribution in [-0.2, 0) is 4.79 Å². The van der Waals surface area contributed by atoms with Crippen molar-refractivity contribution in [2.45, 2.75) is 38.8 Å². The number of benzene rings is 2. The normalized spacial score (nSPS) is 16.1. The number of rotatable bonds is 7. The Bertz CT molecular complexity index is 1400. The summed E-state index contributed by atoms with van der Waals surface area (Å²) in [5, 5.41) is 9.60. The number of carbonyl (C=O) groups is 1. The zero-order valence-electron chi connectivity index (χ0n) is 21.1. The molecule has 9 nitrogen and oxygen atoms in total. The highest BCUT2D eigenvalue weighted by atomic mass is 16.5. The van der Waals surface area contributed by atoms with Crippen molar-refractivity contribution in [3.05, 3.63) is 73.6 Å². The van der Waals surface area contributed by atoms with Crippen molar-refractivity contribution >= 4 is 22.8 Å². The van der Waals surface area contributed by atoms with E-state index in [0.717, 1.165) is 47.5 Å². The summed E-state index contributed by atoms with van der Waals surface area (Å²) < 4.78 is 7.89. The van der Waals surface area contributed by atoms with Crippen molar-refractivity contribution < 1.29 is 9.53 Å². The summed E-state index contributed by atoms with van der Waals surface area (Å²) in [4.78, 5) is 21.4. The SMILES string of the molecule is C=CC(=O)N(C(C)C)N1CCC[C@@H](n2nc(-c3ccc(Oc4ccccc4)cc3)c3c(N)ncnc32)C1. The number of nitrogen functional groups attached to an aromatic ring is 1. The summed E-state index contributed by atoms with van der Waals surface area (Å²) in [7, 11) is 0. The molecule has 2 aromatic heterocycles. The second-order valence-corrected chi connectivity index (χ2v) is 9.38. The van der Waals surface area contributed by atoms with Crippen LogP contribution in [0.4, 0.5) is 5.82 Å². The fourth-order valence-electron chi connectivity index (χ4n) is 4.90. The van der Waals surface area contributed by atoms with Gasteiger partial charge in [0.25, 0.3) is 5.91 Å². The molecule has 1 aliphatic heterocycles. The van der Waals surface area contributed by atoms with Crippen molar-refractivity contribution in [3.63, 3.8) is 0 Å². The maximum atomic E-state index is 12.6. The molecule has 0 aliphatic carbocycles. The average molecular weight is 498 g/mol. The number of para-hydroxylation sites is 1. The fourth-order valence-corrected chi connectivity index (χ4v) is 4.90. The fraction of sp³-hybridized carbons (Fsp3) is 0.286. The number of hydrazine groups is 1. The molecule has 190 valence electrons. The van der Waals surface area contributed by atoms with E-state index in [0.29, 0.717) is 18.0 Å². The maximum absolute atomic E-state index is 12.6. The Morgan fingerprint density at radius 2 is 1.86 bits per heavy atom. The van der Waals surface area contributed by atoms with Gasteiger partial charge in [0.1, 0.15) is 29.3 Å². The van der Waals surface area contributed by atoms with Gasteiger partial charge in [0.15, 0.2) is 5.65 Å². The van der Waals surface area contributed by atoms with Crippen LogP contribution in [0.25, 0.3) is 22.3 Å². The van der Waals surface area contributed by atoms with Gasteiger partial charge in [0.05, 0.1) is 11.4 Å². The molecule has 1 saturated heterocycles. The summed E-state index contributed by atoms with van der Waals surface area (Å²) in [5.41, 5.74) is 8.64. The van der Waals surface area contributed by atoms with Crippen LogP contribution >= 0.6 is 0 Å². The van der Waals surface area contributed by atoms with Crippen molar-refractivity contribution in [2.75, 3.05) is 18.8 Å². The third-order valence-corrected chi connectivity index (χ3v) is 6.54. The van der Waals surface area contributed by atoms with Gasteiger partial charge < -0.3 is 10.5 Å². The topological polar surface area (TPSA) is 102 Å². The van der Waals surface area contributed by atoms with Gasteiger partial charge in [-0.05, 0) is 69.2 Å². The number of nitrogens with two attached hydrogens (primary N) is 1. The zero-order valence-corrected chi connectivity index (χ0v) is 21.1. The van der Waals surface area contributed by atoms with Crippen LogP contribution in [0.3, 0.4) is 0 Å². The Kier molecular flexibility index (Phi) is 6.87. The first-order chi connectivity index (χ1) is 18.0. The minimum Gasteiger partial charge on any atom is -0.457 e. The van der Waals surface area contributed by atoms with E-state index < -0.39 is 0 Å². The second-order valence-electron chi connectivity index (χ2n) is 9.38. The van der Waals surface area contributed by atoms with Gasteiger partial charge in [0, 0.05) is 24.7 Å². The second kappa shape index (κ2) is 10.4. The maximum Gasteiger partial charge on any atom is 0.260 e. The predicted octanol–water partition coefficient (Wildman–Crippen LogP) is 4.84. The van der Waals surface area contributed by atoms with Gasteiger partial charge in [-0.2, -0.15) is 5.10 Å². The van der Waals surface area contributed by atoms with E-state index >= 15 is 0 Å². The molecule has 1 atom stereocenters. The first-order valence-electron chi connectivity index (χ1n) is 12.5. The van der Waals surface area contributed by atoms with Gasteiger partial charge in [-0.1, -0.05) is 24.8 Å². The molecule has 5 rings (SSSR count). The van der Waals surface area contributed by atoms with Crippen LogP contribution in [0.2, 0.25) is 0 Å². The first kappa shape index (κ1) is 24.5. The van der Waals surface area contributed by atoms with Gasteiger partial charge in [-0.25, -0.2) is 19.7 Å². The standard InChI is InChI=1S/C28H31N7O2/c1-4-24(36)35(19(2)3)33-16-8-9-21(17-33)34-28-25(27(29)30-18-31-28)26(32-34)20-12-14-23(15-13-20)37-22-10-6-5-7-11-22/h4-7,10-15,18-19,21H,1,8-9,16-17H2,2-3H3,(H2,29,30,31)/t21-/m1/s1. The number of anilines is 1. The smallest absolute Gasteiger partial charge is 0.260 e. The minimum absolute atomic E-state index is 0.0128. The Hall–Kier alpha value is -4.24. The van der Waals surface area contributed by atoms with E-state index in [-0.39, 0.29) is 18.0 Å². The van der Waals surface area contributed by atoms with E-state index in [1.54, 1.807) is 5.01 Å². The number of fused-ring (bicyclic) bond motifs is 1. The van der Waals surface area contributed by atoms with E-state index in [4.69, 9.17) is 15.6 Å². The molecule has 4 aromatic rings. The third-order valence-electron chi connectivity index (χ3n) is 6.54. The Morgan fingerprint density at radius 3 is 2.57 bits per heavy atom. The summed E-state index contributed by atoms with van der Waals surface area (Å²) in [6.07, 6.45) is 4.67. The molecular weight excluding hydrogens is 466 g/mol. The molecule has 0 spiro atoms. The number of hydrogen-bond donors (Lipinski definition) is 1. The molecule has 1 fully saturated rings. The molecule has 0 bridgehead atoms. The highest BCUT2D eigenvalue weighted by molar-refractivity contribution is 5.98. The highest BCUT2D eigenvalue weighted by Gasteiger charge is 2.31. The lowest BCUT2D eigenvalue weighted by Crippen LogP contribution is -2.53. The van der Waals surface area contributed by atoms with Crippen LogP contribution in [0.1, 0.15) is 32.7 Å². The van der Waals surface area contributed by atoms with Gasteiger partial charge >= 0.3 is 0 Å². The van der Waals surface area contributed by atoms with E-state index in [9.17, 15) is 4.79 Å². The Balaban J connectivity index is 1.48.